The van der Waals surface area contributed by atoms with E-state index in [0.717, 1.165) is 39.0 Å². The van der Waals surface area contributed by atoms with Crippen molar-refractivity contribution in [3.8, 4) is 0 Å². The summed E-state index contributed by atoms with van der Waals surface area (Å²) >= 11 is 0. The Hall–Kier alpha value is -1.34. The summed E-state index contributed by atoms with van der Waals surface area (Å²) in [5, 5.41) is 13.8. The summed E-state index contributed by atoms with van der Waals surface area (Å²) in [5.74, 6) is -0.932. The highest BCUT2D eigenvalue weighted by molar-refractivity contribution is 5.86. The van der Waals surface area contributed by atoms with Crippen LogP contribution < -0.4 is 10.7 Å². The molecule has 1 saturated carbocycles. The van der Waals surface area contributed by atoms with Crippen molar-refractivity contribution in [2.45, 2.75) is 31.2 Å². The number of likely N-dealkylation sites (N-methyl/N-ethyl adjacent to an activating group) is 1. The number of hydrogen-bond donors (Lipinski definition) is 3. The number of rotatable bonds is 3. The van der Waals surface area contributed by atoms with Crippen molar-refractivity contribution in [3.63, 3.8) is 0 Å². The van der Waals surface area contributed by atoms with E-state index in [1.807, 2.05) is 12.1 Å². The molecule has 1 aliphatic heterocycles. The van der Waals surface area contributed by atoms with Crippen LogP contribution in [-0.2, 0) is 4.79 Å². The van der Waals surface area contributed by atoms with Crippen molar-refractivity contribution in [2.75, 3.05) is 33.2 Å². The molecular formula is C12H22N4O3. The van der Waals surface area contributed by atoms with Crippen molar-refractivity contribution in [2.24, 2.45) is 0 Å². The van der Waals surface area contributed by atoms with Crippen LogP contribution in [0, 0.1) is 0 Å². The lowest BCUT2D eigenvalue weighted by Crippen LogP contribution is -2.60. The molecule has 0 unspecified atom stereocenters. The number of hydrazine groups is 1. The van der Waals surface area contributed by atoms with Crippen molar-refractivity contribution >= 4 is 12.0 Å². The highest BCUT2D eigenvalue weighted by Crippen LogP contribution is 2.29. The minimum atomic E-state index is -1.07. The molecule has 0 aromatic rings. The summed E-state index contributed by atoms with van der Waals surface area (Å²) in [4.78, 5) is 25.4. The number of piperazine rings is 1. The number of amides is 2. The van der Waals surface area contributed by atoms with Crippen LogP contribution in [0.5, 0.6) is 0 Å². The fourth-order valence-electron chi connectivity index (χ4n) is 2.68. The van der Waals surface area contributed by atoms with Crippen LogP contribution in [0.15, 0.2) is 0 Å². The minimum Gasteiger partial charge on any atom is -0.480 e. The van der Waals surface area contributed by atoms with E-state index in [0.29, 0.717) is 12.8 Å². The van der Waals surface area contributed by atoms with Crippen LogP contribution in [0.1, 0.15) is 25.7 Å². The molecule has 0 spiro atoms. The van der Waals surface area contributed by atoms with Crippen LogP contribution in [0.4, 0.5) is 4.79 Å². The molecule has 0 aromatic heterocycles. The van der Waals surface area contributed by atoms with E-state index in [9.17, 15) is 14.7 Å². The maximum Gasteiger partial charge on any atom is 0.330 e. The van der Waals surface area contributed by atoms with Gasteiger partial charge in [0.1, 0.15) is 5.54 Å². The van der Waals surface area contributed by atoms with Gasteiger partial charge in [0, 0.05) is 26.2 Å². The molecule has 7 nitrogen and oxygen atoms in total. The largest absolute Gasteiger partial charge is 0.480 e. The first-order chi connectivity index (χ1) is 9.02. The van der Waals surface area contributed by atoms with Gasteiger partial charge in [0.05, 0.1) is 0 Å². The predicted molar refractivity (Wildman–Crippen MR) is 69.6 cm³/mol. The minimum absolute atomic E-state index is 0.408. The number of carbonyl (C=O) groups is 2. The van der Waals surface area contributed by atoms with E-state index in [2.05, 4.69) is 15.6 Å². The highest BCUT2D eigenvalue weighted by atomic mass is 16.4. The van der Waals surface area contributed by atoms with Crippen LogP contribution in [0.3, 0.4) is 0 Å². The zero-order valence-corrected chi connectivity index (χ0v) is 11.3. The molecule has 7 heteroatoms. The molecule has 19 heavy (non-hydrogen) atoms. The van der Waals surface area contributed by atoms with Gasteiger partial charge in [-0.1, -0.05) is 12.8 Å². The SMILES string of the molecule is CN1CCN(NC(=O)NC2(C(=O)O)CCCC2)CC1. The lowest BCUT2D eigenvalue weighted by molar-refractivity contribution is -0.144. The maximum atomic E-state index is 11.9. The van der Waals surface area contributed by atoms with Gasteiger partial charge >= 0.3 is 12.0 Å². The Morgan fingerprint density at radius 2 is 1.68 bits per heavy atom. The number of nitrogens with one attached hydrogen (secondary N) is 2. The van der Waals surface area contributed by atoms with E-state index < -0.39 is 17.5 Å². The lowest BCUT2D eigenvalue weighted by Gasteiger charge is -2.33. The zero-order chi connectivity index (χ0) is 13.9. The summed E-state index contributed by atoms with van der Waals surface area (Å²) in [6, 6.07) is -0.408. The number of carboxylic acid groups (broad SMARTS) is 1. The molecule has 3 N–H and O–H groups in total. The van der Waals surface area contributed by atoms with Gasteiger partial charge in [-0.2, -0.15) is 0 Å². The molecule has 1 aliphatic carbocycles. The molecule has 0 radical (unpaired) electrons. The van der Waals surface area contributed by atoms with Crippen LogP contribution in [-0.4, -0.2) is 65.8 Å². The van der Waals surface area contributed by atoms with Gasteiger partial charge in [0.2, 0.25) is 0 Å². The lowest BCUT2D eigenvalue weighted by atomic mass is 9.98. The van der Waals surface area contributed by atoms with Gasteiger partial charge < -0.3 is 15.3 Å². The fraction of sp³-hybridized carbons (Fsp3) is 0.833. The Balaban J connectivity index is 1.85. The normalized spacial score (nSPS) is 24.1. The second kappa shape index (κ2) is 5.75. The van der Waals surface area contributed by atoms with Gasteiger partial charge in [-0.15, -0.1) is 0 Å². The summed E-state index contributed by atoms with van der Waals surface area (Å²) in [5.41, 5.74) is 1.67. The first kappa shape index (κ1) is 14.1. The second-order valence-electron chi connectivity index (χ2n) is 5.45. The van der Waals surface area contributed by atoms with Crippen molar-refractivity contribution in [1.82, 2.24) is 20.7 Å². The van der Waals surface area contributed by atoms with Crippen molar-refractivity contribution in [3.05, 3.63) is 0 Å². The van der Waals surface area contributed by atoms with Gasteiger partial charge in [-0.05, 0) is 19.9 Å². The molecule has 0 bridgehead atoms. The fourth-order valence-corrected chi connectivity index (χ4v) is 2.68. The smallest absolute Gasteiger partial charge is 0.330 e. The molecule has 1 heterocycles. The molecule has 2 aliphatic rings. The average molecular weight is 270 g/mol. The van der Waals surface area contributed by atoms with E-state index >= 15 is 0 Å². The maximum absolute atomic E-state index is 11.9. The molecule has 2 rings (SSSR count). The van der Waals surface area contributed by atoms with Crippen LogP contribution in [0.2, 0.25) is 0 Å². The Morgan fingerprint density at radius 1 is 1.11 bits per heavy atom. The Kier molecular flexibility index (Phi) is 4.26. The van der Waals surface area contributed by atoms with Crippen LogP contribution in [0.25, 0.3) is 0 Å². The predicted octanol–water partition coefficient (Wildman–Crippen LogP) is -0.155. The number of hydrogen-bond acceptors (Lipinski definition) is 4. The quantitative estimate of drug-likeness (QED) is 0.664. The van der Waals surface area contributed by atoms with Gasteiger partial charge in [0.15, 0.2) is 0 Å². The third-order valence-corrected chi connectivity index (χ3v) is 3.98. The first-order valence-electron chi connectivity index (χ1n) is 6.77. The van der Waals surface area contributed by atoms with Gasteiger partial charge in [-0.3, -0.25) is 5.43 Å². The number of carbonyl (C=O) groups excluding carboxylic acids is 1. The van der Waals surface area contributed by atoms with Crippen LogP contribution >= 0.6 is 0 Å². The summed E-state index contributed by atoms with van der Waals surface area (Å²) in [7, 11) is 2.04. The average Bonchev–Trinajstić information content (AvgIpc) is 2.82. The van der Waals surface area contributed by atoms with Crippen molar-refractivity contribution in [1.29, 1.82) is 0 Å². The van der Waals surface area contributed by atoms with E-state index in [-0.39, 0.29) is 0 Å². The standard InChI is InChI=1S/C12H22N4O3/c1-15-6-8-16(9-7-15)14-11(19)13-12(10(17)18)4-2-3-5-12/h2-9H2,1H3,(H,17,18)(H2,13,14,19). The molecule has 0 aromatic carbocycles. The summed E-state index contributed by atoms with van der Waals surface area (Å²) in [6.45, 7) is 3.29. The monoisotopic (exact) mass is 270 g/mol. The zero-order valence-electron chi connectivity index (χ0n) is 11.3. The molecular weight excluding hydrogens is 248 g/mol. The summed E-state index contributed by atoms with van der Waals surface area (Å²) in [6.07, 6.45) is 2.72. The van der Waals surface area contributed by atoms with Gasteiger partial charge in [0.25, 0.3) is 0 Å². The molecule has 1 saturated heterocycles. The Labute approximate surface area is 112 Å². The second-order valence-corrected chi connectivity index (χ2v) is 5.45. The molecule has 0 atom stereocenters. The number of aliphatic carboxylic acids is 1. The third kappa shape index (κ3) is 3.36. The number of carboxylic acids is 1. The molecule has 108 valence electrons. The molecule has 2 amide bonds. The van der Waals surface area contributed by atoms with Crippen molar-refractivity contribution < 1.29 is 14.7 Å². The highest BCUT2D eigenvalue weighted by Gasteiger charge is 2.42. The Morgan fingerprint density at radius 3 is 2.21 bits per heavy atom. The molecule has 2 fully saturated rings. The number of urea groups is 1. The van der Waals surface area contributed by atoms with E-state index in [4.69, 9.17) is 0 Å². The topological polar surface area (TPSA) is 84.9 Å². The number of nitrogens with zero attached hydrogens (tertiary/aromatic N) is 2. The van der Waals surface area contributed by atoms with Gasteiger partial charge in [-0.25, -0.2) is 14.6 Å². The summed E-state index contributed by atoms with van der Waals surface area (Å²) < 4.78 is 0. The van der Waals surface area contributed by atoms with E-state index in [1.165, 1.54) is 0 Å². The van der Waals surface area contributed by atoms with E-state index in [1.54, 1.807) is 0 Å². The Bertz CT molecular complexity index is 347. The third-order valence-electron chi connectivity index (χ3n) is 3.98. The first-order valence-corrected chi connectivity index (χ1v) is 6.77.